The topological polar surface area (TPSA) is 49.8 Å². The fourth-order valence-electron chi connectivity index (χ4n) is 2.75. The van der Waals surface area contributed by atoms with E-state index in [-0.39, 0.29) is 0 Å². The number of carboxylic acids is 1. The van der Waals surface area contributed by atoms with Crippen LogP contribution in [0.4, 0.5) is 0 Å². The van der Waals surface area contributed by atoms with Crippen molar-refractivity contribution in [2.24, 2.45) is 0 Å². The first-order valence-corrected chi connectivity index (χ1v) is 7.51. The van der Waals surface area contributed by atoms with Gasteiger partial charge in [-0.25, -0.2) is 4.79 Å². The highest BCUT2D eigenvalue weighted by Crippen LogP contribution is 2.17. The molecule has 114 valence electrons. The van der Waals surface area contributed by atoms with E-state index >= 15 is 0 Å². The molecular formula is C17H23NO3. The second kappa shape index (κ2) is 7.96. The summed E-state index contributed by atoms with van der Waals surface area (Å²) in [6.45, 7) is 5.77. The number of carboxylic acid groups (broad SMARTS) is 1. The van der Waals surface area contributed by atoms with Crippen LogP contribution >= 0.6 is 0 Å². The second-order valence-electron chi connectivity index (χ2n) is 5.37. The van der Waals surface area contributed by atoms with Gasteiger partial charge in [-0.1, -0.05) is 24.3 Å². The Hall–Kier alpha value is -1.65. The van der Waals surface area contributed by atoms with Gasteiger partial charge in [0.25, 0.3) is 0 Å². The van der Waals surface area contributed by atoms with E-state index < -0.39 is 5.97 Å². The van der Waals surface area contributed by atoms with Crippen LogP contribution in [-0.4, -0.2) is 41.8 Å². The van der Waals surface area contributed by atoms with Crippen molar-refractivity contribution in [1.82, 2.24) is 4.90 Å². The molecule has 1 fully saturated rings. The Bertz CT molecular complexity index is 497. The minimum absolute atomic E-state index is 0.346. The second-order valence-corrected chi connectivity index (χ2v) is 5.37. The number of hydrogen-bond acceptors (Lipinski definition) is 3. The smallest absolute Gasteiger partial charge is 0.328 e. The standard InChI is InChI=1S/C17H23NO3/c1-2-21-16-7-4-10-18(13-16)12-15-6-3-5-14(11-15)8-9-17(19)20/h3,5-6,8-9,11,16H,2,4,7,10,12-13H2,1H3,(H,19,20). The molecule has 0 aromatic heterocycles. The van der Waals surface area contributed by atoms with Crippen LogP contribution in [0, 0.1) is 0 Å². The fraction of sp³-hybridized carbons (Fsp3) is 0.471. The van der Waals surface area contributed by atoms with E-state index in [1.54, 1.807) is 6.08 Å². The molecule has 1 atom stereocenters. The highest BCUT2D eigenvalue weighted by molar-refractivity contribution is 5.85. The Morgan fingerprint density at radius 3 is 3.14 bits per heavy atom. The molecule has 21 heavy (non-hydrogen) atoms. The van der Waals surface area contributed by atoms with Crippen molar-refractivity contribution in [1.29, 1.82) is 0 Å². The predicted octanol–water partition coefficient (Wildman–Crippen LogP) is 2.79. The van der Waals surface area contributed by atoms with Crippen LogP contribution in [0.1, 0.15) is 30.9 Å². The van der Waals surface area contributed by atoms with Gasteiger partial charge in [0.2, 0.25) is 0 Å². The van der Waals surface area contributed by atoms with Crippen LogP contribution in [0.5, 0.6) is 0 Å². The van der Waals surface area contributed by atoms with Gasteiger partial charge in [-0.3, -0.25) is 4.90 Å². The van der Waals surface area contributed by atoms with E-state index in [1.807, 2.05) is 25.1 Å². The Morgan fingerprint density at radius 1 is 1.52 bits per heavy atom. The van der Waals surface area contributed by atoms with Crippen molar-refractivity contribution in [3.8, 4) is 0 Å². The quantitative estimate of drug-likeness (QED) is 0.818. The first-order valence-electron chi connectivity index (χ1n) is 7.51. The molecule has 0 spiro atoms. The van der Waals surface area contributed by atoms with E-state index in [0.717, 1.165) is 38.2 Å². The van der Waals surface area contributed by atoms with Gasteiger partial charge in [0.15, 0.2) is 0 Å². The molecule has 1 saturated heterocycles. The van der Waals surface area contributed by atoms with Crippen molar-refractivity contribution < 1.29 is 14.6 Å². The van der Waals surface area contributed by atoms with Crippen molar-refractivity contribution in [2.75, 3.05) is 19.7 Å². The molecule has 0 radical (unpaired) electrons. The molecule has 4 heteroatoms. The Morgan fingerprint density at radius 2 is 2.38 bits per heavy atom. The van der Waals surface area contributed by atoms with Gasteiger partial charge in [0.1, 0.15) is 0 Å². The first-order chi connectivity index (χ1) is 10.2. The Labute approximate surface area is 126 Å². The minimum atomic E-state index is -0.920. The molecule has 1 aliphatic rings. The average molecular weight is 289 g/mol. The number of hydrogen-bond donors (Lipinski definition) is 1. The van der Waals surface area contributed by atoms with Gasteiger partial charge in [0.05, 0.1) is 6.10 Å². The Kier molecular flexibility index (Phi) is 5.96. The molecule has 0 bridgehead atoms. The third-order valence-electron chi connectivity index (χ3n) is 3.64. The largest absolute Gasteiger partial charge is 0.478 e. The number of carbonyl (C=O) groups is 1. The van der Waals surface area contributed by atoms with Crippen LogP contribution in [0.2, 0.25) is 0 Å². The summed E-state index contributed by atoms with van der Waals surface area (Å²) in [5, 5.41) is 8.68. The van der Waals surface area contributed by atoms with Gasteiger partial charge in [-0.05, 0) is 43.5 Å². The molecule has 1 aliphatic heterocycles. The van der Waals surface area contributed by atoms with E-state index in [2.05, 4.69) is 11.0 Å². The summed E-state index contributed by atoms with van der Waals surface area (Å²) in [6, 6.07) is 8.02. The zero-order chi connectivity index (χ0) is 15.1. The maximum Gasteiger partial charge on any atom is 0.328 e. The number of aliphatic carboxylic acids is 1. The lowest BCUT2D eigenvalue weighted by atomic mass is 10.1. The molecule has 0 amide bonds. The molecule has 1 N–H and O–H groups in total. The lowest BCUT2D eigenvalue weighted by Gasteiger charge is -2.32. The molecule has 0 aliphatic carbocycles. The van der Waals surface area contributed by atoms with Crippen molar-refractivity contribution in [3.63, 3.8) is 0 Å². The number of nitrogens with zero attached hydrogens (tertiary/aromatic N) is 1. The number of likely N-dealkylation sites (tertiary alicyclic amines) is 1. The number of ether oxygens (including phenoxy) is 1. The van der Waals surface area contributed by atoms with Crippen molar-refractivity contribution >= 4 is 12.0 Å². The SMILES string of the molecule is CCOC1CCCN(Cc2cccc(C=CC(=O)O)c2)C1. The zero-order valence-corrected chi connectivity index (χ0v) is 12.5. The highest BCUT2D eigenvalue weighted by atomic mass is 16.5. The summed E-state index contributed by atoms with van der Waals surface area (Å²) in [5.74, 6) is -0.920. The molecule has 2 rings (SSSR count). The highest BCUT2D eigenvalue weighted by Gasteiger charge is 2.19. The maximum absolute atomic E-state index is 10.6. The molecule has 1 heterocycles. The van der Waals surface area contributed by atoms with Gasteiger partial charge >= 0.3 is 5.97 Å². The summed E-state index contributed by atoms with van der Waals surface area (Å²) < 4.78 is 5.72. The maximum atomic E-state index is 10.6. The third kappa shape index (κ3) is 5.33. The van der Waals surface area contributed by atoms with E-state index in [9.17, 15) is 4.79 Å². The van der Waals surface area contributed by atoms with Gasteiger partial charge in [-0.2, -0.15) is 0 Å². The summed E-state index contributed by atoms with van der Waals surface area (Å²) in [5.41, 5.74) is 2.13. The lowest BCUT2D eigenvalue weighted by Crippen LogP contribution is -2.39. The molecule has 1 unspecified atom stereocenters. The van der Waals surface area contributed by atoms with Crippen LogP contribution < -0.4 is 0 Å². The summed E-state index contributed by atoms with van der Waals surface area (Å²) >= 11 is 0. The minimum Gasteiger partial charge on any atom is -0.478 e. The fourth-order valence-corrected chi connectivity index (χ4v) is 2.75. The molecule has 1 aromatic carbocycles. The number of rotatable bonds is 6. The monoisotopic (exact) mass is 289 g/mol. The Balaban J connectivity index is 1.96. The number of piperidine rings is 1. The summed E-state index contributed by atoms with van der Waals surface area (Å²) in [4.78, 5) is 13.0. The van der Waals surface area contributed by atoms with Gasteiger partial charge in [-0.15, -0.1) is 0 Å². The number of benzene rings is 1. The van der Waals surface area contributed by atoms with E-state index in [4.69, 9.17) is 9.84 Å². The first kappa shape index (κ1) is 15.7. The normalized spacial score (nSPS) is 20.0. The summed E-state index contributed by atoms with van der Waals surface area (Å²) in [7, 11) is 0. The molecule has 4 nitrogen and oxygen atoms in total. The van der Waals surface area contributed by atoms with Crippen LogP contribution in [0.15, 0.2) is 30.3 Å². The molecule has 0 saturated carbocycles. The van der Waals surface area contributed by atoms with E-state index in [1.165, 1.54) is 18.1 Å². The van der Waals surface area contributed by atoms with Crippen LogP contribution in [-0.2, 0) is 16.1 Å². The average Bonchev–Trinajstić information content (AvgIpc) is 2.46. The predicted molar refractivity (Wildman–Crippen MR) is 83.0 cm³/mol. The molecular weight excluding hydrogens is 266 g/mol. The van der Waals surface area contributed by atoms with Crippen molar-refractivity contribution in [2.45, 2.75) is 32.4 Å². The summed E-state index contributed by atoms with van der Waals surface area (Å²) in [6.07, 6.45) is 5.46. The van der Waals surface area contributed by atoms with E-state index in [0.29, 0.717) is 6.10 Å². The van der Waals surface area contributed by atoms with Gasteiger partial charge < -0.3 is 9.84 Å². The molecule has 1 aromatic rings. The zero-order valence-electron chi connectivity index (χ0n) is 12.5. The van der Waals surface area contributed by atoms with Crippen molar-refractivity contribution in [3.05, 3.63) is 41.5 Å². The third-order valence-corrected chi connectivity index (χ3v) is 3.64. The van der Waals surface area contributed by atoms with Crippen LogP contribution in [0.3, 0.4) is 0 Å². The van der Waals surface area contributed by atoms with Gasteiger partial charge in [0, 0.05) is 25.8 Å². The van der Waals surface area contributed by atoms with Crippen LogP contribution in [0.25, 0.3) is 6.08 Å². The lowest BCUT2D eigenvalue weighted by molar-refractivity contribution is -0.131.